The maximum Gasteiger partial charge on any atom is 0.306 e. The zero-order valence-electron chi connectivity index (χ0n) is 38.3. The highest BCUT2D eigenvalue weighted by Crippen LogP contribution is 2.13. The van der Waals surface area contributed by atoms with Crippen LogP contribution in [0, 0.1) is 0 Å². The normalized spacial score (nSPS) is 12.4. The minimum absolute atomic E-state index is 0.102. The molecule has 0 bridgehead atoms. The Morgan fingerprint density at radius 1 is 0.345 bits per heavy atom. The molecule has 0 aliphatic rings. The fourth-order valence-corrected chi connectivity index (χ4v) is 6.76. The van der Waals surface area contributed by atoms with Crippen molar-refractivity contribution < 1.29 is 28.6 Å². The van der Waals surface area contributed by atoms with Gasteiger partial charge in [-0.2, -0.15) is 0 Å². The highest BCUT2D eigenvalue weighted by atomic mass is 16.6. The monoisotopic (exact) mass is 813 g/mol. The van der Waals surface area contributed by atoms with Crippen LogP contribution in [0.3, 0.4) is 0 Å². The number of unbranched alkanes of at least 4 members (excludes halogenated alkanes) is 25. The van der Waals surface area contributed by atoms with Crippen molar-refractivity contribution in [2.24, 2.45) is 0 Å². The van der Waals surface area contributed by atoms with Gasteiger partial charge < -0.3 is 14.2 Å². The van der Waals surface area contributed by atoms with Gasteiger partial charge in [-0.25, -0.2) is 0 Å². The summed E-state index contributed by atoms with van der Waals surface area (Å²) in [5.41, 5.74) is 0. The van der Waals surface area contributed by atoms with E-state index in [1.807, 2.05) is 6.08 Å². The fourth-order valence-electron chi connectivity index (χ4n) is 6.76. The number of hydrogen-bond acceptors (Lipinski definition) is 6. The van der Waals surface area contributed by atoms with E-state index in [-0.39, 0.29) is 37.5 Å². The summed E-state index contributed by atoms with van der Waals surface area (Å²) in [5, 5.41) is 0. The summed E-state index contributed by atoms with van der Waals surface area (Å²) < 4.78 is 16.7. The van der Waals surface area contributed by atoms with Crippen LogP contribution in [-0.2, 0) is 28.6 Å². The van der Waals surface area contributed by atoms with Crippen molar-refractivity contribution in [3.63, 3.8) is 0 Å². The van der Waals surface area contributed by atoms with E-state index in [1.54, 1.807) is 0 Å². The molecule has 58 heavy (non-hydrogen) atoms. The van der Waals surface area contributed by atoms with E-state index in [2.05, 4.69) is 63.3 Å². The minimum Gasteiger partial charge on any atom is -0.462 e. The maximum absolute atomic E-state index is 12.7. The molecule has 0 saturated heterocycles. The lowest BCUT2D eigenvalue weighted by Crippen LogP contribution is -2.30. The number of carbonyl (C=O) groups excluding carboxylic acids is 3. The van der Waals surface area contributed by atoms with Gasteiger partial charge in [-0.05, 0) is 83.5 Å². The van der Waals surface area contributed by atoms with Gasteiger partial charge in [0.1, 0.15) is 13.2 Å². The molecule has 336 valence electrons. The first kappa shape index (κ1) is 55.4. The van der Waals surface area contributed by atoms with Crippen LogP contribution in [0.25, 0.3) is 0 Å². The van der Waals surface area contributed by atoms with Crippen LogP contribution >= 0.6 is 0 Å². The van der Waals surface area contributed by atoms with E-state index in [4.69, 9.17) is 14.2 Å². The van der Waals surface area contributed by atoms with Gasteiger partial charge in [0.05, 0.1) is 0 Å². The zero-order valence-corrected chi connectivity index (χ0v) is 38.3. The van der Waals surface area contributed by atoms with Gasteiger partial charge >= 0.3 is 17.9 Å². The van der Waals surface area contributed by atoms with Gasteiger partial charge in [-0.15, -0.1) is 0 Å². The average molecular weight is 813 g/mol. The number of hydrogen-bond donors (Lipinski definition) is 0. The van der Waals surface area contributed by atoms with E-state index >= 15 is 0 Å². The van der Waals surface area contributed by atoms with E-state index in [9.17, 15) is 14.4 Å². The Morgan fingerprint density at radius 2 is 0.672 bits per heavy atom. The first-order chi connectivity index (χ1) is 28.5. The summed E-state index contributed by atoms with van der Waals surface area (Å²) >= 11 is 0. The Morgan fingerprint density at radius 3 is 1.09 bits per heavy atom. The lowest BCUT2D eigenvalue weighted by atomic mass is 10.1. The predicted molar refractivity (Wildman–Crippen MR) is 247 cm³/mol. The van der Waals surface area contributed by atoms with Crippen molar-refractivity contribution in [2.45, 2.75) is 252 Å². The molecule has 0 aromatic carbocycles. The van der Waals surface area contributed by atoms with E-state index in [0.717, 1.165) is 64.2 Å². The highest BCUT2D eigenvalue weighted by Gasteiger charge is 2.19. The Bertz CT molecular complexity index is 1030. The summed E-state index contributed by atoms with van der Waals surface area (Å²) in [4.78, 5) is 37.8. The molecule has 0 aliphatic carbocycles. The number of allylic oxidation sites excluding steroid dienone is 8. The van der Waals surface area contributed by atoms with Crippen molar-refractivity contribution in [3.8, 4) is 0 Å². The largest absolute Gasteiger partial charge is 0.462 e. The molecule has 0 rings (SSSR count). The molecular formula is C52H92O6. The topological polar surface area (TPSA) is 78.9 Å². The molecule has 0 aromatic heterocycles. The number of carbonyl (C=O) groups is 3. The molecule has 0 saturated carbocycles. The van der Waals surface area contributed by atoms with Crippen molar-refractivity contribution in [3.05, 3.63) is 48.6 Å². The number of esters is 3. The molecule has 0 aliphatic heterocycles. The Hall–Kier alpha value is -2.63. The molecule has 6 heteroatoms. The molecule has 0 aromatic rings. The predicted octanol–water partition coefficient (Wildman–Crippen LogP) is 15.9. The molecule has 0 amide bonds. The summed E-state index contributed by atoms with van der Waals surface area (Å²) in [6, 6.07) is 0. The lowest BCUT2D eigenvalue weighted by molar-refractivity contribution is -0.166. The van der Waals surface area contributed by atoms with Gasteiger partial charge in [-0.3, -0.25) is 14.4 Å². The van der Waals surface area contributed by atoms with Crippen molar-refractivity contribution >= 4 is 17.9 Å². The molecule has 0 radical (unpaired) electrons. The molecule has 1 unspecified atom stereocenters. The Kier molecular flexibility index (Phi) is 44.9. The van der Waals surface area contributed by atoms with Crippen LogP contribution in [0.15, 0.2) is 48.6 Å². The van der Waals surface area contributed by atoms with Crippen LogP contribution in [0.1, 0.15) is 245 Å². The SMILES string of the molecule is CCCC/C=C\CCCCCCCC(=O)OCC(COC(=O)CCCCCCC/C=C\CCCCCCCCC)OC(=O)CC/C=C\C/C=C\CCCCCCCC. The van der Waals surface area contributed by atoms with Crippen LogP contribution in [0.2, 0.25) is 0 Å². The summed E-state index contributed by atoms with van der Waals surface area (Å²) in [7, 11) is 0. The van der Waals surface area contributed by atoms with Crippen molar-refractivity contribution in [1.29, 1.82) is 0 Å². The summed E-state index contributed by atoms with van der Waals surface area (Å²) in [5.74, 6) is -0.986. The number of ether oxygens (including phenoxy) is 3. The van der Waals surface area contributed by atoms with Gasteiger partial charge in [0.25, 0.3) is 0 Å². The zero-order chi connectivity index (χ0) is 42.3. The second-order valence-corrected chi connectivity index (χ2v) is 16.4. The first-order valence-corrected chi connectivity index (χ1v) is 24.6. The van der Waals surface area contributed by atoms with Crippen LogP contribution < -0.4 is 0 Å². The fraction of sp³-hybridized carbons (Fsp3) is 0.788. The second kappa shape index (κ2) is 47.1. The molecule has 0 N–H and O–H groups in total. The van der Waals surface area contributed by atoms with E-state index in [1.165, 1.54) is 135 Å². The van der Waals surface area contributed by atoms with Gasteiger partial charge in [0.2, 0.25) is 0 Å². The second-order valence-electron chi connectivity index (χ2n) is 16.4. The quantitative estimate of drug-likeness (QED) is 0.0264. The van der Waals surface area contributed by atoms with Gasteiger partial charge in [0.15, 0.2) is 6.10 Å². The third kappa shape index (κ3) is 44.5. The molecule has 6 nitrogen and oxygen atoms in total. The molecule has 1 atom stereocenters. The summed E-state index contributed by atoms with van der Waals surface area (Å²) in [6.45, 7) is 6.52. The smallest absolute Gasteiger partial charge is 0.306 e. The van der Waals surface area contributed by atoms with Gasteiger partial charge in [-0.1, -0.05) is 191 Å². The highest BCUT2D eigenvalue weighted by molar-refractivity contribution is 5.71. The third-order valence-corrected chi connectivity index (χ3v) is 10.5. The van der Waals surface area contributed by atoms with Crippen molar-refractivity contribution in [2.75, 3.05) is 13.2 Å². The van der Waals surface area contributed by atoms with Crippen LogP contribution in [0.5, 0.6) is 0 Å². The Labute approximate surface area is 358 Å². The first-order valence-electron chi connectivity index (χ1n) is 24.6. The maximum atomic E-state index is 12.7. The standard InChI is InChI=1S/C52H92O6/c1-4-7-10-13-16-19-22-24-25-26-28-30-33-36-39-42-45-51(54)57-48-49(47-56-50(53)44-41-38-35-32-29-21-18-15-12-9-6-3)58-52(55)46-43-40-37-34-31-27-23-20-17-14-11-8-5-2/h15,18,25-27,31,37,40,49H,4-14,16-17,19-24,28-30,32-36,38-39,41-48H2,1-3H3/b18-15-,26-25-,31-27-,40-37-. The summed E-state index contributed by atoms with van der Waals surface area (Å²) in [6.07, 6.45) is 55.3. The Balaban J connectivity index is 4.43. The van der Waals surface area contributed by atoms with E-state index in [0.29, 0.717) is 19.3 Å². The van der Waals surface area contributed by atoms with Crippen molar-refractivity contribution in [1.82, 2.24) is 0 Å². The molecular weight excluding hydrogens is 721 g/mol. The minimum atomic E-state index is -0.807. The molecule has 0 spiro atoms. The number of rotatable bonds is 44. The molecule has 0 heterocycles. The molecule has 0 fully saturated rings. The van der Waals surface area contributed by atoms with Gasteiger partial charge in [0, 0.05) is 19.3 Å². The van der Waals surface area contributed by atoms with E-state index < -0.39 is 6.10 Å². The van der Waals surface area contributed by atoms with Crippen LogP contribution in [-0.4, -0.2) is 37.2 Å². The van der Waals surface area contributed by atoms with Crippen LogP contribution in [0.4, 0.5) is 0 Å². The average Bonchev–Trinajstić information content (AvgIpc) is 3.22. The third-order valence-electron chi connectivity index (χ3n) is 10.5. The lowest BCUT2D eigenvalue weighted by Gasteiger charge is -2.18.